The molecule has 0 aliphatic heterocycles. The van der Waals surface area contributed by atoms with E-state index in [-0.39, 0.29) is 0 Å². The van der Waals surface area contributed by atoms with E-state index in [4.69, 9.17) is 0 Å². The minimum absolute atomic E-state index is 0.726. The Labute approximate surface area is 71.7 Å². The van der Waals surface area contributed by atoms with E-state index < -0.39 is 0 Å². The Morgan fingerprint density at radius 2 is 1.55 bits per heavy atom. The Kier molecular flexibility index (Phi) is 5.27. The molecule has 0 nitrogen and oxygen atoms in total. The molecule has 0 radical (unpaired) electrons. The van der Waals surface area contributed by atoms with E-state index >= 15 is 0 Å². The van der Waals surface area contributed by atoms with Crippen molar-refractivity contribution in [1.29, 1.82) is 0 Å². The summed E-state index contributed by atoms with van der Waals surface area (Å²) in [4.78, 5) is 0. The van der Waals surface area contributed by atoms with E-state index in [2.05, 4.69) is 46.8 Å². The second-order valence-corrected chi connectivity index (χ2v) is 3.87. The molecule has 0 aliphatic carbocycles. The molecule has 66 valence electrons. The largest absolute Gasteiger partial charge is 0.0854 e. The molecule has 0 aromatic carbocycles. The maximum Gasteiger partial charge on any atom is -0.0239 e. The van der Waals surface area contributed by atoms with Crippen LogP contribution in [0.4, 0.5) is 0 Å². The average Bonchev–Trinajstić information content (AvgIpc) is 1.99. The molecule has 0 saturated carbocycles. The van der Waals surface area contributed by atoms with Gasteiger partial charge in [-0.2, -0.15) is 0 Å². The first-order chi connectivity index (χ1) is 5.07. The smallest absolute Gasteiger partial charge is 0.0239 e. The number of hydrogen-bond donors (Lipinski definition) is 0. The first-order valence-electron chi connectivity index (χ1n) is 4.76. The molecule has 11 heavy (non-hydrogen) atoms. The Balaban J connectivity index is 3.72. The van der Waals surface area contributed by atoms with Gasteiger partial charge in [0.15, 0.2) is 0 Å². The van der Waals surface area contributed by atoms with E-state index in [0.717, 1.165) is 17.8 Å². The van der Waals surface area contributed by atoms with Crippen LogP contribution in [0.3, 0.4) is 0 Å². The van der Waals surface area contributed by atoms with Gasteiger partial charge in [0, 0.05) is 0 Å². The monoisotopic (exact) mass is 154 g/mol. The summed E-state index contributed by atoms with van der Waals surface area (Å²) in [7, 11) is 0. The third-order valence-electron chi connectivity index (χ3n) is 2.44. The SMILES string of the molecule is CCC(C)C=CC(C)C(C)C. The van der Waals surface area contributed by atoms with Crippen molar-refractivity contribution in [2.24, 2.45) is 17.8 Å². The molecule has 0 aromatic heterocycles. The van der Waals surface area contributed by atoms with Crippen LogP contribution in [0.15, 0.2) is 12.2 Å². The maximum atomic E-state index is 2.35. The molecule has 0 rings (SSSR count). The highest BCUT2D eigenvalue weighted by Gasteiger charge is 2.01. The van der Waals surface area contributed by atoms with Crippen molar-refractivity contribution in [2.75, 3.05) is 0 Å². The van der Waals surface area contributed by atoms with E-state index in [1.807, 2.05) is 0 Å². The van der Waals surface area contributed by atoms with Gasteiger partial charge in [-0.3, -0.25) is 0 Å². The molecule has 0 aromatic rings. The van der Waals surface area contributed by atoms with Crippen molar-refractivity contribution in [1.82, 2.24) is 0 Å². The van der Waals surface area contributed by atoms with E-state index in [1.54, 1.807) is 0 Å². The molecule has 0 saturated heterocycles. The van der Waals surface area contributed by atoms with E-state index in [1.165, 1.54) is 6.42 Å². The highest BCUT2D eigenvalue weighted by atomic mass is 14.1. The normalized spacial score (nSPS) is 17.6. The Morgan fingerprint density at radius 1 is 1.00 bits per heavy atom. The zero-order valence-corrected chi connectivity index (χ0v) is 8.59. The zero-order chi connectivity index (χ0) is 8.85. The quantitative estimate of drug-likeness (QED) is 0.539. The zero-order valence-electron chi connectivity index (χ0n) is 8.59. The highest BCUT2D eigenvalue weighted by molar-refractivity contribution is 4.90. The van der Waals surface area contributed by atoms with Gasteiger partial charge in [0.1, 0.15) is 0 Å². The summed E-state index contributed by atoms with van der Waals surface area (Å²) in [5, 5.41) is 0. The lowest BCUT2D eigenvalue weighted by Crippen LogP contribution is -2.00. The van der Waals surface area contributed by atoms with Crippen molar-refractivity contribution in [3.63, 3.8) is 0 Å². The van der Waals surface area contributed by atoms with Gasteiger partial charge in [-0.05, 0) is 17.8 Å². The molecule has 0 heterocycles. The second-order valence-electron chi connectivity index (χ2n) is 3.87. The summed E-state index contributed by atoms with van der Waals surface area (Å²) < 4.78 is 0. The average molecular weight is 154 g/mol. The van der Waals surface area contributed by atoms with Crippen LogP contribution < -0.4 is 0 Å². The van der Waals surface area contributed by atoms with Gasteiger partial charge < -0.3 is 0 Å². The van der Waals surface area contributed by atoms with Gasteiger partial charge in [0.25, 0.3) is 0 Å². The fourth-order valence-corrected chi connectivity index (χ4v) is 0.723. The molecular weight excluding hydrogens is 132 g/mol. The molecule has 0 heteroatoms. The minimum atomic E-state index is 0.726. The van der Waals surface area contributed by atoms with Crippen molar-refractivity contribution in [3.8, 4) is 0 Å². The predicted molar refractivity (Wildman–Crippen MR) is 52.6 cm³/mol. The molecule has 0 bridgehead atoms. The summed E-state index contributed by atoms with van der Waals surface area (Å²) in [6.45, 7) is 11.3. The topological polar surface area (TPSA) is 0 Å². The lowest BCUT2D eigenvalue weighted by Gasteiger charge is -2.10. The predicted octanol–water partition coefficient (Wildman–Crippen LogP) is 3.88. The third kappa shape index (κ3) is 5.06. The first-order valence-corrected chi connectivity index (χ1v) is 4.76. The molecule has 0 spiro atoms. The standard InChI is InChI=1S/C11H22/c1-6-10(4)7-8-11(5)9(2)3/h7-11H,6H2,1-5H3. The van der Waals surface area contributed by atoms with Crippen molar-refractivity contribution >= 4 is 0 Å². The van der Waals surface area contributed by atoms with E-state index in [0.29, 0.717) is 0 Å². The molecule has 0 fully saturated rings. The van der Waals surface area contributed by atoms with Crippen molar-refractivity contribution in [2.45, 2.75) is 41.0 Å². The van der Waals surface area contributed by atoms with Gasteiger partial charge in [-0.15, -0.1) is 0 Å². The van der Waals surface area contributed by atoms with Gasteiger partial charge in [-0.1, -0.05) is 53.2 Å². The van der Waals surface area contributed by atoms with Crippen molar-refractivity contribution in [3.05, 3.63) is 12.2 Å². The summed E-state index contributed by atoms with van der Waals surface area (Å²) in [6.07, 6.45) is 5.94. The Bertz CT molecular complexity index is 111. The minimum Gasteiger partial charge on any atom is -0.0854 e. The van der Waals surface area contributed by atoms with Gasteiger partial charge in [-0.25, -0.2) is 0 Å². The van der Waals surface area contributed by atoms with Crippen LogP contribution in [0.25, 0.3) is 0 Å². The third-order valence-corrected chi connectivity index (χ3v) is 2.44. The van der Waals surface area contributed by atoms with Crippen LogP contribution in [-0.4, -0.2) is 0 Å². The number of rotatable bonds is 4. The van der Waals surface area contributed by atoms with Crippen LogP contribution in [0.1, 0.15) is 41.0 Å². The van der Waals surface area contributed by atoms with Gasteiger partial charge in [0.05, 0.1) is 0 Å². The molecule has 0 amide bonds. The number of allylic oxidation sites excluding steroid dienone is 2. The first kappa shape index (κ1) is 10.7. The summed E-state index contributed by atoms with van der Waals surface area (Å²) in [5.74, 6) is 2.25. The summed E-state index contributed by atoms with van der Waals surface area (Å²) in [6, 6.07) is 0. The summed E-state index contributed by atoms with van der Waals surface area (Å²) >= 11 is 0. The number of hydrogen-bond acceptors (Lipinski definition) is 0. The highest BCUT2D eigenvalue weighted by Crippen LogP contribution is 2.13. The summed E-state index contributed by atoms with van der Waals surface area (Å²) in [5.41, 5.74) is 0. The van der Waals surface area contributed by atoms with Crippen LogP contribution in [0.5, 0.6) is 0 Å². The maximum absolute atomic E-state index is 2.35. The van der Waals surface area contributed by atoms with Crippen LogP contribution in [0, 0.1) is 17.8 Å². The van der Waals surface area contributed by atoms with Crippen LogP contribution in [-0.2, 0) is 0 Å². The Morgan fingerprint density at radius 3 is 1.91 bits per heavy atom. The van der Waals surface area contributed by atoms with Crippen molar-refractivity contribution < 1.29 is 0 Å². The lowest BCUT2D eigenvalue weighted by atomic mass is 9.96. The molecule has 0 aliphatic rings. The van der Waals surface area contributed by atoms with E-state index in [9.17, 15) is 0 Å². The molecule has 2 atom stereocenters. The lowest BCUT2D eigenvalue weighted by molar-refractivity contribution is 0.500. The second kappa shape index (κ2) is 5.40. The molecule has 2 unspecified atom stereocenters. The fraction of sp³-hybridized carbons (Fsp3) is 0.818. The molecule has 0 N–H and O–H groups in total. The Hall–Kier alpha value is -0.260. The fourth-order valence-electron chi connectivity index (χ4n) is 0.723. The van der Waals surface area contributed by atoms with Crippen LogP contribution >= 0.6 is 0 Å². The van der Waals surface area contributed by atoms with Gasteiger partial charge in [0.2, 0.25) is 0 Å². The molecular formula is C11H22. The van der Waals surface area contributed by atoms with Crippen LogP contribution in [0.2, 0.25) is 0 Å². The van der Waals surface area contributed by atoms with Gasteiger partial charge >= 0.3 is 0 Å².